The van der Waals surface area contributed by atoms with Gasteiger partial charge in [-0.25, -0.2) is 8.42 Å². The lowest BCUT2D eigenvalue weighted by Gasteiger charge is -2.29. The van der Waals surface area contributed by atoms with Gasteiger partial charge in [-0.3, -0.25) is 4.79 Å². The van der Waals surface area contributed by atoms with E-state index in [4.69, 9.17) is 0 Å². The number of aryl methyl sites for hydroxylation is 1. The number of benzene rings is 1. The smallest absolute Gasteiger partial charge is 0.241 e. The van der Waals surface area contributed by atoms with Crippen molar-refractivity contribution in [3.8, 4) is 0 Å². The number of hydrogen-bond donors (Lipinski definition) is 2. The Labute approximate surface area is 164 Å². The van der Waals surface area contributed by atoms with Gasteiger partial charge in [-0.1, -0.05) is 45.4 Å². The Balaban J connectivity index is 2.88. The minimum absolute atomic E-state index is 0.114. The van der Waals surface area contributed by atoms with Crippen molar-refractivity contribution in [1.29, 1.82) is 0 Å². The fourth-order valence-corrected chi connectivity index (χ4v) is 4.22. The first-order valence-corrected chi connectivity index (χ1v) is 10.8. The number of amides is 1. The maximum absolute atomic E-state index is 12.7. The van der Waals surface area contributed by atoms with Crippen LogP contribution in [-0.2, 0) is 14.8 Å². The predicted octanol–water partition coefficient (Wildman–Crippen LogP) is 2.39. The predicted molar refractivity (Wildman–Crippen MR) is 110 cm³/mol. The summed E-state index contributed by atoms with van der Waals surface area (Å²) in [5.74, 6) is -0.109. The Hall–Kier alpha value is -1.44. The molecule has 1 amide bonds. The van der Waals surface area contributed by atoms with Crippen LogP contribution in [0.3, 0.4) is 0 Å². The van der Waals surface area contributed by atoms with Gasteiger partial charge in [-0.05, 0) is 50.9 Å². The van der Waals surface area contributed by atoms with Crippen LogP contribution in [0.2, 0.25) is 0 Å². The van der Waals surface area contributed by atoms with Gasteiger partial charge >= 0.3 is 0 Å². The fourth-order valence-electron chi connectivity index (χ4n) is 3.01. The fraction of sp³-hybridized carbons (Fsp3) is 0.650. The average molecular weight is 398 g/mol. The summed E-state index contributed by atoms with van der Waals surface area (Å²) < 4.78 is 28.0. The summed E-state index contributed by atoms with van der Waals surface area (Å²) in [5.41, 5.74) is 0.866. The maximum atomic E-state index is 12.7. The lowest BCUT2D eigenvalue weighted by atomic mass is 9.92. The maximum Gasteiger partial charge on any atom is 0.241 e. The standard InChI is InChI=1S/C20H35N3O3S/c1-15(2)12-18(19(24)21-13-20(4,5)14-23(6)7)22-27(25,26)17-10-8-16(3)9-11-17/h8-11,15,18,22H,12-14H2,1-7H3,(H,21,24). The first-order valence-electron chi connectivity index (χ1n) is 9.34. The van der Waals surface area contributed by atoms with Gasteiger partial charge in [0.1, 0.15) is 6.04 Å². The Morgan fingerprint density at radius 2 is 1.70 bits per heavy atom. The second-order valence-corrected chi connectivity index (χ2v) is 10.5. The van der Waals surface area contributed by atoms with E-state index in [-0.39, 0.29) is 22.1 Å². The van der Waals surface area contributed by atoms with E-state index in [2.05, 4.69) is 28.8 Å². The third-order valence-electron chi connectivity index (χ3n) is 4.14. The Kier molecular flexibility index (Phi) is 8.45. The van der Waals surface area contributed by atoms with Crippen molar-refractivity contribution < 1.29 is 13.2 Å². The normalized spacial score (nSPS) is 13.8. The summed E-state index contributed by atoms with van der Waals surface area (Å²) in [6.45, 7) is 11.3. The molecule has 1 aromatic rings. The number of sulfonamides is 1. The molecule has 7 heteroatoms. The van der Waals surface area contributed by atoms with Crippen LogP contribution in [0.5, 0.6) is 0 Å². The lowest BCUT2D eigenvalue weighted by Crippen LogP contribution is -2.50. The number of carbonyl (C=O) groups excluding carboxylic acids is 1. The molecule has 0 aromatic heterocycles. The summed E-state index contributed by atoms with van der Waals surface area (Å²) in [4.78, 5) is 15.0. The third kappa shape index (κ3) is 8.41. The van der Waals surface area contributed by atoms with E-state index in [1.165, 1.54) is 0 Å². The van der Waals surface area contributed by atoms with Crippen LogP contribution >= 0.6 is 0 Å². The Morgan fingerprint density at radius 3 is 2.19 bits per heavy atom. The zero-order chi connectivity index (χ0) is 20.8. The SMILES string of the molecule is Cc1ccc(S(=O)(=O)NC(CC(C)C)C(=O)NCC(C)(C)CN(C)C)cc1. The van der Waals surface area contributed by atoms with Crippen LogP contribution < -0.4 is 10.0 Å². The molecular formula is C20H35N3O3S. The van der Waals surface area contributed by atoms with Gasteiger partial charge in [0.15, 0.2) is 0 Å². The van der Waals surface area contributed by atoms with Crippen molar-refractivity contribution in [2.24, 2.45) is 11.3 Å². The zero-order valence-electron chi connectivity index (χ0n) is 17.7. The summed E-state index contributed by atoms with van der Waals surface area (Å²) in [6, 6.07) is 5.81. The minimum atomic E-state index is -3.76. The molecule has 0 heterocycles. The van der Waals surface area contributed by atoms with Crippen LogP contribution in [0.4, 0.5) is 0 Å². The highest BCUT2D eigenvalue weighted by molar-refractivity contribution is 7.89. The molecule has 0 aliphatic rings. The van der Waals surface area contributed by atoms with Crippen LogP contribution in [0, 0.1) is 18.3 Å². The highest BCUT2D eigenvalue weighted by Gasteiger charge is 2.28. The largest absolute Gasteiger partial charge is 0.354 e. The number of nitrogens with zero attached hydrogens (tertiary/aromatic N) is 1. The van der Waals surface area contributed by atoms with E-state index in [1.54, 1.807) is 24.3 Å². The van der Waals surface area contributed by atoms with Gasteiger partial charge in [-0.15, -0.1) is 0 Å². The van der Waals surface area contributed by atoms with Crippen molar-refractivity contribution in [3.05, 3.63) is 29.8 Å². The van der Waals surface area contributed by atoms with E-state index >= 15 is 0 Å². The van der Waals surface area contributed by atoms with Crippen LogP contribution in [0.1, 0.15) is 39.7 Å². The number of rotatable bonds is 10. The first-order chi connectivity index (χ1) is 12.3. The molecule has 1 unspecified atom stereocenters. The molecule has 0 aliphatic carbocycles. The zero-order valence-corrected chi connectivity index (χ0v) is 18.5. The van der Waals surface area contributed by atoms with Gasteiger partial charge in [-0.2, -0.15) is 4.72 Å². The Morgan fingerprint density at radius 1 is 1.15 bits per heavy atom. The second-order valence-electron chi connectivity index (χ2n) is 8.74. The average Bonchev–Trinajstić information content (AvgIpc) is 2.50. The molecule has 0 saturated carbocycles. The third-order valence-corrected chi connectivity index (χ3v) is 5.63. The summed E-state index contributed by atoms with van der Waals surface area (Å²) in [7, 11) is 0.215. The molecule has 0 bridgehead atoms. The molecule has 0 saturated heterocycles. The number of nitrogens with one attached hydrogen (secondary N) is 2. The summed E-state index contributed by atoms with van der Waals surface area (Å²) in [6.07, 6.45) is 0.436. The van der Waals surface area contributed by atoms with E-state index in [0.717, 1.165) is 12.1 Å². The van der Waals surface area contributed by atoms with Gasteiger partial charge in [0.05, 0.1) is 4.90 Å². The highest BCUT2D eigenvalue weighted by Crippen LogP contribution is 2.16. The van der Waals surface area contributed by atoms with Gasteiger partial charge in [0, 0.05) is 13.1 Å². The Bertz CT molecular complexity index is 710. The van der Waals surface area contributed by atoms with Crippen molar-refractivity contribution >= 4 is 15.9 Å². The molecule has 0 radical (unpaired) electrons. The van der Waals surface area contributed by atoms with Crippen LogP contribution in [0.25, 0.3) is 0 Å². The number of hydrogen-bond acceptors (Lipinski definition) is 4. The van der Waals surface area contributed by atoms with Crippen molar-refractivity contribution in [2.75, 3.05) is 27.2 Å². The molecule has 1 aromatic carbocycles. The van der Waals surface area contributed by atoms with Crippen LogP contribution in [0.15, 0.2) is 29.2 Å². The highest BCUT2D eigenvalue weighted by atomic mass is 32.2. The molecule has 154 valence electrons. The quantitative estimate of drug-likeness (QED) is 0.635. The lowest BCUT2D eigenvalue weighted by molar-refractivity contribution is -0.123. The van der Waals surface area contributed by atoms with Crippen molar-refractivity contribution in [2.45, 2.75) is 52.0 Å². The van der Waals surface area contributed by atoms with Gasteiger partial charge < -0.3 is 10.2 Å². The van der Waals surface area contributed by atoms with E-state index in [1.807, 2.05) is 34.9 Å². The molecule has 1 atom stereocenters. The minimum Gasteiger partial charge on any atom is -0.354 e. The summed E-state index contributed by atoms with van der Waals surface area (Å²) in [5, 5.41) is 2.92. The first kappa shape index (κ1) is 23.6. The molecule has 0 spiro atoms. The molecule has 0 aliphatic heterocycles. The van der Waals surface area contributed by atoms with E-state index in [0.29, 0.717) is 13.0 Å². The van der Waals surface area contributed by atoms with Crippen LogP contribution in [-0.4, -0.2) is 52.5 Å². The van der Waals surface area contributed by atoms with E-state index < -0.39 is 16.1 Å². The summed E-state index contributed by atoms with van der Waals surface area (Å²) >= 11 is 0. The number of carbonyl (C=O) groups is 1. The topological polar surface area (TPSA) is 78.5 Å². The molecule has 0 fully saturated rings. The van der Waals surface area contributed by atoms with Gasteiger partial charge in [0.25, 0.3) is 0 Å². The van der Waals surface area contributed by atoms with E-state index in [9.17, 15) is 13.2 Å². The molecule has 2 N–H and O–H groups in total. The molecule has 6 nitrogen and oxygen atoms in total. The monoisotopic (exact) mass is 397 g/mol. The second kappa shape index (κ2) is 9.66. The molecular weight excluding hydrogens is 362 g/mol. The molecule has 1 rings (SSSR count). The molecule has 27 heavy (non-hydrogen) atoms. The van der Waals surface area contributed by atoms with Crippen molar-refractivity contribution in [3.63, 3.8) is 0 Å². The van der Waals surface area contributed by atoms with Gasteiger partial charge in [0.2, 0.25) is 15.9 Å². The van der Waals surface area contributed by atoms with Crippen molar-refractivity contribution in [1.82, 2.24) is 14.9 Å².